The van der Waals surface area contributed by atoms with Crippen LogP contribution in [-0.2, 0) is 65.5 Å². The Hall–Kier alpha value is -8.03. The summed E-state index contributed by atoms with van der Waals surface area (Å²) >= 11 is 0. The molecule has 2 heterocycles. The Kier molecular flexibility index (Phi) is 25.8. The van der Waals surface area contributed by atoms with Crippen molar-refractivity contribution in [1.82, 2.24) is 30.2 Å². The first-order valence-electron chi connectivity index (χ1n) is 29.4. The number of ether oxygens (including phenoxy) is 4. The van der Waals surface area contributed by atoms with Crippen LogP contribution in [0, 0.1) is 17.3 Å². The minimum atomic E-state index is -1.48. The molecule has 6 amide bonds. The maximum atomic E-state index is 14.8. The topological polar surface area (TPSA) is 240 Å². The Morgan fingerprint density at radius 1 is 0.800 bits per heavy atom. The second kappa shape index (κ2) is 32.3. The summed E-state index contributed by atoms with van der Waals surface area (Å²) in [6.45, 7) is 14.8. The molecule has 2 aliphatic rings. The molecule has 0 saturated carbocycles. The molecule has 20 nitrogen and oxygen atoms in total. The summed E-state index contributed by atoms with van der Waals surface area (Å²) in [5.41, 5.74) is 1.43. The summed E-state index contributed by atoms with van der Waals surface area (Å²) in [5, 5.41) is 9.01. The quantitative estimate of drug-likeness (QED) is 0.128. The fourth-order valence-corrected chi connectivity index (χ4v) is 10.4. The number of nitrogens with one attached hydrogen (secondary N) is 3. The van der Waals surface area contributed by atoms with Gasteiger partial charge in [0, 0.05) is 71.0 Å². The molecule has 462 valence electrons. The van der Waals surface area contributed by atoms with E-state index in [0.29, 0.717) is 54.1 Å². The van der Waals surface area contributed by atoms with Gasteiger partial charge in [0.2, 0.25) is 35.3 Å². The number of nitrogens with zero attached hydrogens (tertiary/aromatic N) is 4. The number of benzene rings is 3. The molecule has 20 heteroatoms. The molecule has 3 aromatic carbocycles. The van der Waals surface area contributed by atoms with E-state index in [1.54, 1.807) is 44.4 Å². The van der Waals surface area contributed by atoms with E-state index in [1.807, 2.05) is 70.2 Å². The van der Waals surface area contributed by atoms with E-state index in [1.165, 1.54) is 66.9 Å². The summed E-state index contributed by atoms with van der Waals surface area (Å²) in [7, 11) is 7.82. The largest absolute Gasteiger partial charge is 0.493 e. The minimum Gasteiger partial charge on any atom is -0.493 e. The molecule has 3 aromatic rings. The lowest BCUT2D eigenvalue weighted by atomic mass is 9.87. The van der Waals surface area contributed by atoms with Crippen molar-refractivity contribution in [2.45, 2.75) is 142 Å². The van der Waals surface area contributed by atoms with Gasteiger partial charge in [-0.25, -0.2) is 9.59 Å². The Labute approximate surface area is 501 Å². The van der Waals surface area contributed by atoms with Gasteiger partial charge in [0.05, 0.1) is 32.2 Å². The summed E-state index contributed by atoms with van der Waals surface area (Å²) in [6, 6.07) is 17.7. The Bertz CT molecular complexity index is 2870. The van der Waals surface area contributed by atoms with Crippen LogP contribution < -0.4 is 25.4 Å². The highest BCUT2D eigenvalue weighted by Gasteiger charge is 2.43. The summed E-state index contributed by atoms with van der Waals surface area (Å²) in [4.78, 5) is 132. The number of rotatable bonds is 11. The third-order valence-corrected chi connectivity index (χ3v) is 15.8. The molecule has 0 radical (unpaired) electrons. The van der Waals surface area contributed by atoms with Gasteiger partial charge in [-0.3, -0.25) is 33.6 Å². The molecule has 1 fully saturated rings. The van der Waals surface area contributed by atoms with Crippen LogP contribution in [0.3, 0.4) is 0 Å². The number of anilines is 1. The second-order valence-corrected chi connectivity index (χ2v) is 23.2. The number of ketones is 1. The number of cyclic esters (lactones) is 2. The highest BCUT2D eigenvalue weighted by molar-refractivity contribution is 6.38. The number of carbonyl (C=O) groups excluding carboxylic acids is 9. The van der Waals surface area contributed by atoms with E-state index < -0.39 is 89.6 Å². The van der Waals surface area contributed by atoms with Gasteiger partial charge in [0.25, 0.3) is 5.91 Å². The van der Waals surface area contributed by atoms with E-state index in [9.17, 15) is 43.2 Å². The first-order valence-corrected chi connectivity index (χ1v) is 29.4. The van der Waals surface area contributed by atoms with Gasteiger partial charge < -0.3 is 54.5 Å². The second-order valence-electron chi connectivity index (χ2n) is 23.2. The molecular weight excluding hydrogens is 1090 g/mol. The van der Waals surface area contributed by atoms with Crippen molar-refractivity contribution in [3.8, 4) is 11.5 Å². The Balaban J connectivity index is 1.48. The zero-order valence-corrected chi connectivity index (χ0v) is 51.5. The molecule has 0 spiro atoms. The number of piperidine rings is 1. The van der Waals surface area contributed by atoms with Gasteiger partial charge in [-0.05, 0) is 112 Å². The number of aryl methyl sites for hydroxylation is 1. The van der Waals surface area contributed by atoms with Crippen molar-refractivity contribution >= 4 is 58.9 Å². The van der Waals surface area contributed by atoms with E-state index in [-0.39, 0.29) is 82.3 Å². The van der Waals surface area contributed by atoms with Crippen LogP contribution in [0.1, 0.15) is 122 Å². The molecular formula is C65H89N7O13. The van der Waals surface area contributed by atoms with Crippen LogP contribution in [0.15, 0.2) is 97.2 Å². The molecule has 3 N–H and O–H groups in total. The molecule has 0 aliphatic carbocycles. The fraction of sp³-hybridized carbons (Fsp3) is 0.523. The number of likely N-dealkylation sites (N-methyl/N-ethyl adjacent to an activating group) is 3. The first kappa shape index (κ1) is 67.8. The van der Waals surface area contributed by atoms with Crippen LogP contribution in [0.5, 0.6) is 11.5 Å². The molecule has 85 heavy (non-hydrogen) atoms. The van der Waals surface area contributed by atoms with E-state index >= 15 is 0 Å². The smallest absolute Gasteiger partial charge is 0.330 e. The third-order valence-electron chi connectivity index (χ3n) is 15.8. The molecule has 1 saturated heterocycles. The number of hydrogen-bond acceptors (Lipinski definition) is 14. The minimum absolute atomic E-state index is 0.0588. The van der Waals surface area contributed by atoms with E-state index in [0.717, 1.165) is 11.1 Å². The highest BCUT2D eigenvalue weighted by atomic mass is 16.5. The zero-order valence-electron chi connectivity index (χ0n) is 51.5. The standard InChI is InChI=1S/C65H89N7O13/c1-13-43(4)59-44(5)66-40-57(75)69(8)34-19-18-27-58(76)84-41-65(6,7)60(77)63(80)72-35-20-17-26-50(72)64(81)85-52(30-28-46-29-31-53(82-11)54(38-46)83-12)47-24-21-25-48(39-47)67-55(73)32-33-56(74)70(9)51(36-42(2)3)61(78)68-49(62(79)71(59)10)37-45-22-15-14-16-23-45/h14-16,18,21-25,27,29,31,38-39,42-43,49-52,59,66H,5,13,17,19-20,26,28,30,32-37,40-41H2,1-4,6-12H3,(H,67,73)(H,68,78)/t43-,49+,50-,51-,52+,59-/m0/s1. The van der Waals surface area contributed by atoms with Crippen molar-refractivity contribution in [1.29, 1.82) is 0 Å². The number of esters is 2. The van der Waals surface area contributed by atoms with Crippen LogP contribution >= 0.6 is 0 Å². The molecule has 6 atom stereocenters. The van der Waals surface area contributed by atoms with Gasteiger partial charge in [-0.15, -0.1) is 0 Å². The molecule has 2 aliphatic heterocycles. The van der Waals surface area contributed by atoms with Crippen LogP contribution in [-0.4, -0.2) is 159 Å². The van der Waals surface area contributed by atoms with Crippen LogP contribution in [0.25, 0.3) is 0 Å². The van der Waals surface area contributed by atoms with Gasteiger partial charge in [0.1, 0.15) is 30.8 Å². The van der Waals surface area contributed by atoms with Crippen molar-refractivity contribution in [2.24, 2.45) is 17.3 Å². The maximum absolute atomic E-state index is 14.8. The maximum Gasteiger partial charge on any atom is 0.330 e. The fourth-order valence-electron chi connectivity index (χ4n) is 10.4. The molecule has 0 aromatic heterocycles. The average molecular weight is 1180 g/mol. The summed E-state index contributed by atoms with van der Waals surface area (Å²) in [5.74, 6) is -4.66. The predicted octanol–water partition coefficient (Wildman–Crippen LogP) is 7.15. The van der Waals surface area contributed by atoms with Gasteiger partial charge >= 0.3 is 11.9 Å². The number of methoxy groups -OCH3 is 2. The van der Waals surface area contributed by atoms with Crippen LogP contribution in [0.4, 0.5) is 5.69 Å². The first-order chi connectivity index (χ1) is 40.4. The SMILES string of the molecule is C=C1NCC(=O)N(C)CCC=CC(=O)OCC(C)(C)C(=O)C(=O)N2CCCC[C@H]2C(=O)O[C@H](CCc2ccc(OC)c(OC)c2)c2cccc(c2)NC(=O)CCC(=O)N(C)[C@@H](CC(C)C)C(=O)N[C@H](Cc2ccccc2)C(=O)N(C)[C@H]1[C@@H](C)CC. The number of carbonyl (C=O) groups is 9. The van der Waals surface area contributed by atoms with Gasteiger partial charge in [-0.2, -0.15) is 0 Å². The van der Waals surface area contributed by atoms with Crippen molar-refractivity contribution in [2.75, 3.05) is 66.9 Å². The lowest BCUT2D eigenvalue weighted by Crippen LogP contribution is -2.57. The number of Topliss-reactive ketones (excluding diaryl/α,β-unsaturated/α-hetero) is 1. The monoisotopic (exact) mass is 1180 g/mol. The zero-order chi connectivity index (χ0) is 62.5. The number of fused-ring (bicyclic) bond motifs is 3. The van der Waals surface area contributed by atoms with Crippen molar-refractivity contribution < 1.29 is 62.1 Å². The summed E-state index contributed by atoms with van der Waals surface area (Å²) < 4.78 is 22.8. The normalized spacial score (nSPS) is 22.4. The number of amides is 6. The Morgan fingerprint density at radius 2 is 1.52 bits per heavy atom. The average Bonchev–Trinajstić information content (AvgIpc) is 3.12. The van der Waals surface area contributed by atoms with E-state index in [2.05, 4.69) is 22.5 Å². The Morgan fingerprint density at radius 3 is 2.20 bits per heavy atom. The lowest BCUT2D eigenvalue weighted by molar-refractivity contribution is -0.165. The van der Waals surface area contributed by atoms with Crippen molar-refractivity contribution in [3.63, 3.8) is 0 Å². The molecule has 2 bridgehead atoms. The summed E-state index contributed by atoms with van der Waals surface area (Å²) in [6.07, 6.45) is 4.56. The third kappa shape index (κ3) is 19.5. The van der Waals surface area contributed by atoms with Gasteiger partial charge in [-0.1, -0.05) is 95.3 Å². The number of hydrogen-bond donors (Lipinski definition) is 3. The van der Waals surface area contributed by atoms with Gasteiger partial charge in [0.15, 0.2) is 11.5 Å². The lowest BCUT2D eigenvalue weighted by Gasteiger charge is -2.37. The van der Waals surface area contributed by atoms with Crippen LogP contribution in [0.2, 0.25) is 0 Å². The van der Waals surface area contributed by atoms with Crippen molar-refractivity contribution in [3.05, 3.63) is 114 Å². The van der Waals surface area contributed by atoms with E-state index in [4.69, 9.17) is 18.9 Å². The molecule has 5 rings (SSSR count). The highest BCUT2D eigenvalue weighted by Crippen LogP contribution is 2.33. The molecule has 0 unspecified atom stereocenters. The predicted molar refractivity (Wildman–Crippen MR) is 323 cm³/mol.